The first-order valence-corrected chi connectivity index (χ1v) is 20.8. The van der Waals surface area contributed by atoms with Crippen LogP contribution >= 0.6 is 0 Å². The summed E-state index contributed by atoms with van der Waals surface area (Å²) in [6.07, 6.45) is 0. The van der Waals surface area contributed by atoms with E-state index in [4.69, 9.17) is 0 Å². The molecule has 0 heterocycles. The van der Waals surface area contributed by atoms with Gasteiger partial charge in [0.15, 0.2) is 17.5 Å². The molecule has 62 heavy (non-hydrogen) atoms. The molecule has 0 bridgehead atoms. The van der Waals surface area contributed by atoms with Gasteiger partial charge in [-0.1, -0.05) is 148 Å². The van der Waals surface area contributed by atoms with Crippen LogP contribution in [0.3, 0.4) is 0 Å². The molecule has 0 amide bonds. The topological polar surface area (TPSA) is 0 Å². The molecule has 0 N–H and O–H groups in total. The summed E-state index contributed by atoms with van der Waals surface area (Å²) < 4.78 is 59.3. The number of hydrogen-bond donors (Lipinski definition) is 0. The Balaban J connectivity index is 1.34. The Kier molecular flexibility index (Phi) is 8.59. The summed E-state index contributed by atoms with van der Waals surface area (Å²) in [7, 11) is 0. The number of fused-ring (bicyclic) bond motifs is 8. The highest BCUT2D eigenvalue weighted by atomic mass is 19.2. The average Bonchev–Trinajstić information content (AvgIpc) is 3.28. The molecule has 0 saturated carbocycles. The minimum absolute atomic E-state index is 0.00749. The molecule has 0 fully saturated rings. The SMILES string of the molecule is CC(C)(C)c1ccc(-c2ccc3c(-c4cc5ccccc5c5ccccc45)c4cc(-c5cc(F)c(F)c(F)c5)ccc4c(-c4cc5cc(F)ccc5c5ccccc45)c3c2)cc1. The highest BCUT2D eigenvalue weighted by molar-refractivity contribution is 6.29. The lowest BCUT2D eigenvalue weighted by Gasteiger charge is -2.22. The standard InChI is InChI=1S/C58H38F4/c1-58(2,3)39-20-16-33(17-21-39)34-18-23-47-51(27-34)56(50-30-38-26-40(59)22-25-42(38)44-13-7-9-15-46(44)50)48-24-19-35(37-31-53(60)57(62)54(61)32-37)28-52(48)55(47)49-29-36-10-4-5-11-41(36)43-12-6-8-14-45(43)49/h4-32H,1-3H3. The Morgan fingerprint density at radius 3 is 1.34 bits per heavy atom. The fourth-order valence-corrected chi connectivity index (χ4v) is 9.61. The second kappa shape index (κ2) is 14.1. The maximum Gasteiger partial charge on any atom is 0.194 e. The molecular formula is C58H38F4. The van der Waals surface area contributed by atoms with Crippen molar-refractivity contribution in [3.63, 3.8) is 0 Å². The average molecular weight is 811 g/mol. The summed E-state index contributed by atoms with van der Waals surface area (Å²) in [6, 6.07) is 57.6. The van der Waals surface area contributed by atoms with Crippen molar-refractivity contribution in [3.05, 3.63) is 205 Å². The van der Waals surface area contributed by atoms with E-state index in [9.17, 15) is 13.2 Å². The maximum absolute atomic E-state index is 15.1. The van der Waals surface area contributed by atoms with Crippen LogP contribution in [-0.2, 0) is 5.41 Å². The molecule has 4 heteroatoms. The molecule has 0 spiro atoms. The van der Waals surface area contributed by atoms with E-state index in [2.05, 4.69) is 130 Å². The van der Waals surface area contributed by atoms with Crippen LogP contribution in [0.5, 0.6) is 0 Å². The third-order valence-corrected chi connectivity index (χ3v) is 12.6. The highest BCUT2D eigenvalue weighted by Crippen LogP contribution is 2.50. The van der Waals surface area contributed by atoms with Crippen LogP contribution < -0.4 is 0 Å². The van der Waals surface area contributed by atoms with Crippen LogP contribution in [-0.4, -0.2) is 0 Å². The van der Waals surface area contributed by atoms with Gasteiger partial charge < -0.3 is 0 Å². The van der Waals surface area contributed by atoms with E-state index in [1.807, 2.05) is 42.5 Å². The van der Waals surface area contributed by atoms with Gasteiger partial charge in [-0.15, -0.1) is 0 Å². The van der Waals surface area contributed by atoms with Gasteiger partial charge in [0.1, 0.15) is 5.82 Å². The smallest absolute Gasteiger partial charge is 0.194 e. The monoisotopic (exact) mass is 810 g/mol. The summed E-state index contributed by atoms with van der Waals surface area (Å²) in [6.45, 7) is 6.63. The Labute approximate surface area is 356 Å². The Morgan fingerprint density at radius 2 is 0.774 bits per heavy atom. The van der Waals surface area contributed by atoms with Crippen LogP contribution in [0.1, 0.15) is 26.3 Å². The molecule has 0 radical (unpaired) electrons. The summed E-state index contributed by atoms with van der Waals surface area (Å²) in [4.78, 5) is 0. The van der Waals surface area contributed by atoms with Gasteiger partial charge in [-0.25, -0.2) is 17.6 Å². The van der Waals surface area contributed by atoms with E-state index in [0.29, 0.717) is 5.56 Å². The normalized spacial score (nSPS) is 12.1. The first kappa shape index (κ1) is 37.7. The van der Waals surface area contributed by atoms with Crippen LogP contribution in [0.25, 0.3) is 109 Å². The van der Waals surface area contributed by atoms with Gasteiger partial charge >= 0.3 is 0 Å². The van der Waals surface area contributed by atoms with Gasteiger partial charge in [0.2, 0.25) is 0 Å². The number of halogens is 4. The van der Waals surface area contributed by atoms with Gasteiger partial charge in [0.05, 0.1) is 0 Å². The van der Waals surface area contributed by atoms with Gasteiger partial charge in [-0.2, -0.15) is 0 Å². The van der Waals surface area contributed by atoms with Crippen LogP contribution in [0, 0.1) is 23.3 Å². The molecule has 0 unspecified atom stereocenters. The number of hydrogen-bond acceptors (Lipinski definition) is 0. The van der Waals surface area contributed by atoms with Crippen molar-refractivity contribution >= 4 is 64.6 Å². The summed E-state index contributed by atoms with van der Waals surface area (Å²) >= 11 is 0. The molecule has 0 aromatic heterocycles. The van der Waals surface area contributed by atoms with Crippen LogP contribution in [0.4, 0.5) is 17.6 Å². The predicted molar refractivity (Wildman–Crippen MR) is 252 cm³/mol. The van der Waals surface area contributed by atoms with E-state index >= 15 is 4.39 Å². The zero-order chi connectivity index (χ0) is 42.4. The lowest BCUT2D eigenvalue weighted by molar-refractivity contribution is 0.448. The van der Waals surface area contributed by atoms with Gasteiger partial charge in [0, 0.05) is 0 Å². The fourth-order valence-electron chi connectivity index (χ4n) is 9.61. The zero-order valence-electron chi connectivity index (χ0n) is 34.3. The molecule has 11 aromatic carbocycles. The van der Waals surface area contributed by atoms with Crippen molar-refractivity contribution < 1.29 is 17.6 Å². The first-order chi connectivity index (χ1) is 30.0. The summed E-state index contributed by atoms with van der Waals surface area (Å²) in [5.41, 5.74) is 7.93. The Morgan fingerprint density at radius 1 is 0.323 bits per heavy atom. The second-order valence-electron chi connectivity index (χ2n) is 17.4. The van der Waals surface area contributed by atoms with Gasteiger partial charge in [-0.05, 0) is 169 Å². The van der Waals surface area contributed by atoms with Crippen molar-refractivity contribution in [2.24, 2.45) is 0 Å². The van der Waals surface area contributed by atoms with Gasteiger partial charge in [0.25, 0.3) is 0 Å². The number of benzene rings is 11. The molecule has 0 nitrogen and oxygen atoms in total. The van der Waals surface area contributed by atoms with E-state index in [0.717, 1.165) is 110 Å². The van der Waals surface area contributed by atoms with E-state index in [-0.39, 0.29) is 16.8 Å². The van der Waals surface area contributed by atoms with Crippen molar-refractivity contribution in [2.75, 3.05) is 0 Å². The van der Waals surface area contributed by atoms with Gasteiger partial charge in [-0.3, -0.25) is 0 Å². The van der Waals surface area contributed by atoms with Crippen molar-refractivity contribution in [1.82, 2.24) is 0 Å². The minimum atomic E-state index is -1.50. The summed E-state index contributed by atoms with van der Waals surface area (Å²) in [5, 5.41) is 11.8. The molecule has 11 aromatic rings. The van der Waals surface area contributed by atoms with Crippen molar-refractivity contribution in [1.29, 1.82) is 0 Å². The Hall–Kier alpha value is -7.30. The summed E-state index contributed by atoms with van der Waals surface area (Å²) in [5.74, 6) is -4.33. The first-order valence-electron chi connectivity index (χ1n) is 20.8. The third kappa shape index (κ3) is 6.04. The molecule has 0 aliphatic carbocycles. The zero-order valence-corrected chi connectivity index (χ0v) is 34.3. The fraction of sp³-hybridized carbons (Fsp3) is 0.0690. The van der Waals surface area contributed by atoms with E-state index in [1.54, 1.807) is 6.07 Å². The highest BCUT2D eigenvalue weighted by Gasteiger charge is 2.23. The lowest BCUT2D eigenvalue weighted by Crippen LogP contribution is -2.10. The van der Waals surface area contributed by atoms with E-state index < -0.39 is 17.5 Å². The molecule has 0 aliphatic heterocycles. The lowest BCUT2D eigenvalue weighted by atomic mass is 9.81. The maximum atomic E-state index is 15.1. The molecular weight excluding hydrogens is 773 g/mol. The Bertz CT molecular complexity index is 3630. The van der Waals surface area contributed by atoms with Crippen LogP contribution in [0.15, 0.2) is 176 Å². The molecule has 298 valence electrons. The quantitative estimate of drug-likeness (QED) is 0.0719. The minimum Gasteiger partial charge on any atom is -0.207 e. The third-order valence-electron chi connectivity index (χ3n) is 12.6. The molecule has 0 atom stereocenters. The predicted octanol–water partition coefficient (Wildman–Crippen LogP) is 17.1. The second-order valence-corrected chi connectivity index (χ2v) is 17.4. The molecule has 11 rings (SSSR count). The van der Waals surface area contributed by atoms with Crippen molar-refractivity contribution in [3.8, 4) is 44.5 Å². The molecule has 0 saturated heterocycles. The largest absolute Gasteiger partial charge is 0.207 e. The van der Waals surface area contributed by atoms with E-state index in [1.165, 1.54) is 11.6 Å². The molecule has 0 aliphatic rings. The van der Waals surface area contributed by atoms with Crippen LogP contribution in [0.2, 0.25) is 0 Å². The number of rotatable bonds is 4. The van der Waals surface area contributed by atoms with Crippen molar-refractivity contribution in [2.45, 2.75) is 26.2 Å².